The second-order valence-corrected chi connectivity index (χ2v) is 4.67. The van der Waals surface area contributed by atoms with Crippen molar-refractivity contribution in [3.8, 4) is 0 Å². The molecule has 1 heterocycles. The number of likely N-dealkylation sites (N-methyl/N-ethyl adjacent to an activating group) is 1. The molecule has 0 aliphatic heterocycles. The van der Waals surface area contributed by atoms with Crippen molar-refractivity contribution in [2.24, 2.45) is 0 Å². The zero-order chi connectivity index (χ0) is 15.9. The number of nitrogens with zero attached hydrogens (tertiary/aromatic N) is 2. The molecule has 122 valence electrons. The summed E-state index contributed by atoms with van der Waals surface area (Å²) in [5.74, 6) is -4.12. The Balaban J connectivity index is 2.63. The minimum Gasteiger partial charge on any atom is -0.373 e. The van der Waals surface area contributed by atoms with Gasteiger partial charge >= 0.3 is 12.3 Å². The lowest BCUT2D eigenvalue weighted by Gasteiger charge is -2.21. The number of rotatable bonds is 10. The molecular weight excluding hydrogens is 290 g/mol. The molecule has 8 heteroatoms. The van der Waals surface area contributed by atoms with Gasteiger partial charge in [0.05, 0.1) is 18.3 Å². The fourth-order valence-corrected chi connectivity index (χ4v) is 1.91. The van der Waals surface area contributed by atoms with E-state index in [1.54, 1.807) is 16.9 Å². The number of aromatic nitrogens is 2. The molecule has 0 fully saturated rings. The Morgan fingerprint density at radius 2 is 2.10 bits per heavy atom. The Morgan fingerprint density at radius 1 is 1.38 bits per heavy atom. The van der Waals surface area contributed by atoms with Crippen molar-refractivity contribution in [1.82, 2.24) is 15.1 Å². The largest absolute Gasteiger partial charge is 0.373 e. The molecule has 21 heavy (non-hydrogen) atoms. The van der Waals surface area contributed by atoms with Crippen molar-refractivity contribution in [3.63, 3.8) is 0 Å². The van der Waals surface area contributed by atoms with Crippen molar-refractivity contribution >= 4 is 0 Å². The molecule has 0 saturated carbocycles. The highest BCUT2D eigenvalue weighted by atomic mass is 19.3. The summed E-state index contributed by atoms with van der Waals surface area (Å²) in [5, 5.41) is 7.23. The van der Waals surface area contributed by atoms with Gasteiger partial charge in [0, 0.05) is 12.7 Å². The second kappa shape index (κ2) is 8.33. The Hall–Kier alpha value is -1.15. The van der Waals surface area contributed by atoms with Gasteiger partial charge in [-0.25, -0.2) is 8.78 Å². The van der Waals surface area contributed by atoms with E-state index in [2.05, 4.69) is 10.4 Å². The molecule has 1 atom stereocenters. The van der Waals surface area contributed by atoms with E-state index in [0.29, 0.717) is 13.1 Å². The molecule has 0 aliphatic carbocycles. The maximum atomic E-state index is 12.8. The highest BCUT2D eigenvalue weighted by molar-refractivity contribution is 5.07. The van der Waals surface area contributed by atoms with E-state index < -0.39 is 19.0 Å². The molecule has 0 saturated heterocycles. The van der Waals surface area contributed by atoms with E-state index in [9.17, 15) is 17.6 Å². The van der Waals surface area contributed by atoms with Crippen LogP contribution in [0.3, 0.4) is 0 Å². The molecule has 0 bridgehead atoms. The number of alkyl halides is 4. The minimum absolute atomic E-state index is 0.119. The van der Waals surface area contributed by atoms with Crippen LogP contribution in [0, 0.1) is 0 Å². The summed E-state index contributed by atoms with van der Waals surface area (Å²) in [6.45, 7) is 3.72. The van der Waals surface area contributed by atoms with Crippen LogP contribution in [0.25, 0.3) is 0 Å². The predicted molar refractivity (Wildman–Crippen MR) is 70.7 cm³/mol. The lowest BCUT2D eigenvalue weighted by molar-refractivity contribution is -0.167. The van der Waals surface area contributed by atoms with Crippen LogP contribution >= 0.6 is 0 Å². The molecule has 1 N–H and O–H groups in total. The van der Waals surface area contributed by atoms with Crippen molar-refractivity contribution in [2.75, 3.05) is 19.8 Å². The van der Waals surface area contributed by atoms with E-state index in [0.717, 1.165) is 12.1 Å². The predicted octanol–water partition coefficient (Wildman–Crippen LogP) is 2.86. The average molecular weight is 311 g/mol. The van der Waals surface area contributed by atoms with Crippen LogP contribution in [0.15, 0.2) is 12.3 Å². The molecule has 1 rings (SSSR count). The first-order chi connectivity index (χ1) is 9.92. The molecular formula is C13H21F4N3O. The van der Waals surface area contributed by atoms with Crippen LogP contribution in [-0.4, -0.2) is 41.9 Å². The van der Waals surface area contributed by atoms with Crippen molar-refractivity contribution in [1.29, 1.82) is 0 Å². The molecule has 0 spiro atoms. The monoisotopic (exact) mass is 311 g/mol. The quantitative estimate of drug-likeness (QED) is 0.675. The third-order valence-corrected chi connectivity index (χ3v) is 2.89. The number of hydrogen-bond donors (Lipinski definition) is 1. The molecule has 1 aromatic heterocycles. The molecule has 0 radical (unpaired) electrons. The Morgan fingerprint density at radius 3 is 2.67 bits per heavy atom. The summed E-state index contributed by atoms with van der Waals surface area (Å²) in [6, 6.07) is 1.40. The van der Waals surface area contributed by atoms with Crippen LogP contribution in [-0.2, 0) is 11.3 Å². The fraction of sp³-hybridized carbons (Fsp3) is 0.769. The van der Waals surface area contributed by atoms with Gasteiger partial charge in [-0.15, -0.1) is 0 Å². The standard InChI is InChI=1S/C13H21F4N3O/c1-3-7-20-11(5-6-19-20)10(18-4-2)8-21-9-13(16,17)12(14)15/h5-6,10,12,18H,3-4,7-9H2,1-2H3. The number of ether oxygens (including phenoxy) is 1. The summed E-state index contributed by atoms with van der Waals surface area (Å²) < 4.78 is 56.3. The van der Waals surface area contributed by atoms with E-state index in [4.69, 9.17) is 4.74 Å². The molecule has 1 unspecified atom stereocenters. The summed E-state index contributed by atoms with van der Waals surface area (Å²) in [4.78, 5) is 0. The lowest BCUT2D eigenvalue weighted by Crippen LogP contribution is -2.35. The van der Waals surface area contributed by atoms with Gasteiger partial charge in [0.25, 0.3) is 0 Å². The number of nitrogens with one attached hydrogen (secondary N) is 1. The summed E-state index contributed by atoms with van der Waals surface area (Å²) in [5.41, 5.74) is 0.791. The SMILES string of the molecule is CCCn1nccc1C(COCC(F)(F)C(F)F)NCC. The first-order valence-electron chi connectivity index (χ1n) is 6.91. The zero-order valence-electron chi connectivity index (χ0n) is 12.2. The van der Waals surface area contributed by atoms with Crippen LogP contribution in [0.1, 0.15) is 32.0 Å². The van der Waals surface area contributed by atoms with Gasteiger partial charge in [-0.2, -0.15) is 13.9 Å². The summed E-state index contributed by atoms with van der Waals surface area (Å²) >= 11 is 0. The zero-order valence-corrected chi connectivity index (χ0v) is 12.2. The molecule has 1 aromatic rings. The van der Waals surface area contributed by atoms with E-state index >= 15 is 0 Å². The summed E-state index contributed by atoms with van der Waals surface area (Å²) in [7, 11) is 0. The maximum Gasteiger partial charge on any atom is 0.330 e. The van der Waals surface area contributed by atoms with Crippen LogP contribution in [0.2, 0.25) is 0 Å². The average Bonchev–Trinajstić information content (AvgIpc) is 2.86. The highest BCUT2D eigenvalue weighted by Crippen LogP contribution is 2.23. The van der Waals surface area contributed by atoms with Gasteiger partial charge in [0.15, 0.2) is 0 Å². The topological polar surface area (TPSA) is 39.1 Å². The molecule has 0 aliphatic rings. The van der Waals surface area contributed by atoms with E-state index in [1.807, 2.05) is 13.8 Å². The smallest absolute Gasteiger partial charge is 0.330 e. The first kappa shape index (κ1) is 17.9. The third kappa shape index (κ3) is 5.28. The van der Waals surface area contributed by atoms with Gasteiger partial charge in [0.2, 0.25) is 0 Å². The second-order valence-electron chi connectivity index (χ2n) is 4.67. The Labute approximate surface area is 121 Å². The fourth-order valence-electron chi connectivity index (χ4n) is 1.91. The van der Waals surface area contributed by atoms with Crippen LogP contribution in [0.4, 0.5) is 17.6 Å². The van der Waals surface area contributed by atoms with Crippen LogP contribution in [0.5, 0.6) is 0 Å². The van der Waals surface area contributed by atoms with Gasteiger partial charge in [-0.3, -0.25) is 4.68 Å². The third-order valence-electron chi connectivity index (χ3n) is 2.89. The van der Waals surface area contributed by atoms with Crippen molar-refractivity contribution in [3.05, 3.63) is 18.0 Å². The van der Waals surface area contributed by atoms with Crippen LogP contribution < -0.4 is 5.32 Å². The Kier molecular flexibility index (Phi) is 7.10. The number of hydrogen-bond acceptors (Lipinski definition) is 3. The molecule has 0 amide bonds. The van der Waals surface area contributed by atoms with Crippen molar-refractivity contribution in [2.45, 2.75) is 45.2 Å². The number of halogens is 4. The minimum atomic E-state index is -4.12. The Bertz CT molecular complexity index is 412. The van der Waals surface area contributed by atoms with E-state index in [-0.39, 0.29) is 12.6 Å². The lowest BCUT2D eigenvalue weighted by atomic mass is 10.2. The molecule has 0 aromatic carbocycles. The highest BCUT2D eigenvalue weighted by Gasteiger charge is 2.41. The summed E-state index contributed by atoms with van der Waals surface area (Å²) in [6.07, 6.45) is -1.23. The normalized spacial score (nSPS) is 13.9. The van der Waals surface area contributed by atoms with Crippen molar-refractivity contribution < 1.29 is 22.3 Å². The van der Waals surface area contributed by atoms with Gasteiger partial charge in [-0.1, -0.05) is 13.8 Å². The maximum absolute atomic E-state index is 12.8. The van der Waals surface area contributed by atoms with Gasteiger partial charge < -0.3 is 10.1 Å². The van der Waals surface area contributed by atoms with Gasteiger partial charge in [0.1, 0.15) is 6.61 Å². The van der Waals surface area contributed by atoms with E-state index in [1.165, 1.54) is 0 Å². The first-order valence-corrected chi connectivity index (χ1v) is 6.91. The number of aryl methyl sites for hydroxylation is 1. The van der Waals surface area contributed by atoms with Gasteiger partial charge in [-0.05, 0) is 19.0 Å². The molecule has 4 nitrogen and oxygen atoms in total.